The van der Waals surface area contributed by atoms with Crippen molar-refractivity contribution in [1.82, 2.24) is 4.98 Å². The number of nitrogens with zero attached hydrogens (tertiary/aromatic N) is 1. The van der Waals surface area contributed by atoms with Crippen molar-refractivity contribution >= 4 is 11.6 Å². The van der Waals surface area contributed by atoms with Crippen LogP contribution in [0.15, 0.2) is 52.9 Å². The third-order valence-electron chi connectivity index (χ3n) is 3.29. The van der Waals surface area contributed by atoms with Gasteiger partial charge in [-0.2, -0.15) is 4.98 Å². The standard InChI is InChI=1S/C18H14F2N2O3/c1-2-24-18-15(16(23)21-11-7-4-3-5-8-11)22-17(25-18)14-12(19)9-6-10-13(14)20/h3-10H,2H2,1H3,(H,21,23). The lowest BCUT2D eigenvalue weighted by atomic mass is 10.2. The van der Waals surface area contributed by atoms with Crippen LogP contribution < -0.4 is 10.1 Å². The molecule has 1 aromatic heterocycles. The minimum Gasteiger partial charge on any atom is -0.464 e. The van der Waals surface area contributed by atoms with E-state index in [9.17, 15) is 13.6 Å². The van der Waals surface area contributed by atoms with Gasteiger partial charge in [0, 0.05) is 5.69 Å². The first-order valence-corrected chi connectivity index (χ1v) is 7.54. The molecule has 0 aliphatic carbocycles. The molecular formula is C18H14F2N2O3. The van der Waals surface area contributed by atoms with Gasteiger partial charge in [0.25, 0.3) is 5.91 Å². The zero-order valence-electron chi connectivity index (χ0n) is 13.3. The van der Waals surface area contributed by atoms with Crippen LogP contribution >= 0.6 is 0 Å². The summed E-state index contributed by atoms with van der Waals surface area (Å²) in [5.41, 5.74) is -0.109. The van der Waals surface area contributed by atoms with Crippen molar-refractivity contribution in [2.75, 3.05) is 11.9 Å². The van der Waals surface area contributed by atoms with E-state index in [-0.39, 0.29) is 24.1 Å². The van der Waals surface area contributed by atoms with Crippen molar-refractivity contribution in [2.24, 2.45) is 0 Å². The number of ether oxygens (including phenoxy) is 1. The summed E-state index contributed by atoms with van der Waals surface area (Å²) in [5.74, 6) is -2.87. The van der Waals surface area contributed by atoms with Gasteiger partial charge in [-0.05, 0) is 31.2 Å². The van der Waals surface area contributed by atoms with Crippen LogP contribution in [0.5, 0.6) is 5.95 Å². The summed E-state index contributed by atoms with van der Waals surface area (Å²) in [5, 5.41) is 2.62. The van der Waals surface area contributed by atoms with E-state index in [1.807, 2.05) is 0 Å². The maximum atomic E-state index is 13.9. The van der Waals surface area contributed by atoms with E-state index in [4.69, 9.17) is 9.15 Å². The number of carbonyl (C=O) groups is 1. The maximum absolute atomic E-state index is 13.9. The number of para-hydroxylation sites is 1. The molecule has 1 amide bonds. The highest BCUT2D eigenvalue weighted by atomic mass is 19.1. The summed E-state index contributed by atoms with van der Waals surface area (Å²) in [6.07, 6.45) is 0. The molecule has 0 bridgehead atoms. The number of rotatable bonds is 5. The topological polar surface area (TPSA) is 64.4 Å². The Hall–Kier alpha value is -3.22. The van der Waals surface area contributed by atoms with Crippen LogP contribution in [0, 0.1) is 11.6 Å². The third-order valence-corrected chi connectivity index (χ3v) is 3.29. The van der Waals surface area contributed by atoms with Gasteiger partial charge in [0.2, 0.25) is 11.6 Å². The van der Waals surface area contributed by atoms with Crippen molar-refractivity contribution < 1.29 is 22.7 Å². The lowest BCUT2D eigenvalue weighted by Gasteiger charge is -2.03. The molecule has 0 saturated heterocycles. The average molecular weight is 344 g/mol. The molecule has 2 aromatic carbocycles. The SMILES string of the molecule is CCOc1oc(-c2c(F)cccc2F)nc1C(=O)Nc1ccccc1. The summed E-state index contributed by atoms with van der Waals surface area (Å²) >= 11 is 0. The Morgan fingerprint density at radius 1 is 1.12 bits per heavy atom. The normalized spacial score (nSPS) is 10.5. The molecule has 0 unspecified atom stereocenters. The number of oxazole rings is 1. The number of hydrogen-bond acceptors (Lipinski definition) is 4. The second kappa shape index (κ2) is 7.12. The number of nitrogens with one attached hydrogen (secondary N) is 1. The molecule has 0 saturated carbocycles. The van der Waals surface area contributed by atoms with Gasteiger partial charge in [0.1, 0.15) is 17.2 Å². The summed E-state index contributed by atoms with van der Waals surface area (Å²) in [6.45, 7) is 1.88. The lowest BCUT2D eigenvalue weighted by molar-refractivity contribution is 0.101. The van der Waals surface area contributed by atoms with E-state index in [2.05, 4.69) is 10.3 Å². The smallest absolute Gasteiger partial charge is 0.319 e. The number of aromatic nitrogens is 1. The highest BCUT2D eigenvalue weighted by molar-refractivity contribution is 6.04. The predicted octanol–water partition coefficient (Wildman–Crippen LogP) is 4.27. The molecule has 1 N–H and O–H groups in total. The lowest BCUT2D eigenvalue weighted by Crippen LogP contribution is -2.13. The summed E-state index contributed by atoms with van der Waals surface area (Å²) in [7, 11) is 0. The number of halogens is 2. The monoisotopic (exact) mass is 344 g/mol. The maximum Gasteiger partial charge on any atom is 0.319 e. The zero-order chi connectivity index (χ0) is 17.8. The van der Waals surface area contributed by atoms with Crippen molar-refractivity contribution in [3.8, 4) is 17.4 Å². The molecule has 3 rings (SSSR count). The molecule has 25 heavy (non-hydrogen) atoms. The van der Waals surface area contributed by atoms with Crippen LogP contribution in [-0.2, 0) is 0 Å². The van der Waals surface area contributed by atoms with Crippen LogP contribution in [0.3, 0.4) is 0 Å². The second-order valence-electron chi connectivity index (χ2n) is 5.00. The molecular weight excluding hydrogens is 330 g/mol. The number of amides is 1. The Morgan fingerprint density at radius 2 is 1.80 bits per heavy atom. The van der Waals surface area contributed by atoms with E-state index < -0.39 is 23.1 Å². The molecule has 0 fully saturated rings. The van der Waals surface area contributed by atoms with Crippen LogP contribution in [-0.4, -0.2) is 17.5 Å². The Balaban J connectivity index is 1.99. The summed E-state index contributed by atoms with van der Waals surface area (Å²) in [4.78, 5) is 16.4. The molecule has 7 heteroatoms. The first kappa shape index (κ1) is 16.6. The van der Waals surface area contributed by atoms with Gasteiger partial charge in [-0.1, -0.05) is 24.3 Å². The van der Waals surface area contributed by atoms with Crippen molar-refractivity contribution in [2.45, 2.75) is 6.92 Å². The van der Waals surface area contributed by atoms with Gasteiger partial charge in [0.05, 0.1) is 6.61 Å². The van der Waals surface area contributed by atoms with E-state index in [1.54, 1.807) is 37.3 Å². The van der Waals surface area contributed by atoms with E-state index in [1.165, 1.54) is 6.07 Å². The number of carbonyl (C=O) groups excluding carboxylic acids is 1. The van der Waals surface area contributed by atoms with Gasteiger partial charge in [-0.15, -0.1) is 0 Å². The summed E-state index contributed by atoms with van der Waals surface area (Å²) in [6, 6.07) is 12.1. The molecule has 0 atom stereocenters. The number of anilines is 1. The van der Waals surface area contributed by atoms with Crippen LogP contribution in [0.2, 0.25) is 0 Å². The molecule has 0 aliphatic rings. The molecule has 128 valence electrons. The van der Waals surface area contributed by atoms with E-state index in [0.29, 0.717) is 5.69 Å². The minimum absolute atomic E-state index is 0.191. The molecule has 0 radical (unpaired) electrons. The van der Waals surface area contributed by atoms with Crippen LogP contribution in [0.25, 0.3) is 11.5 Å². The second-order valence-corrected chi connectivity index (χ2v) is 5.00. The van der Waals surface area contributed by atoms with Gasteiger partial charge in [0.15, 0.2) is 0 Å². The minimum atomic E-state index is -0.848. The number of hydrogen-bond donors (Lipinski definition) is 1. The van der Waals surface area contributed by atoms with E-state index >= 15 is 0 Å². The van der Waals surface area contributed by atoms with Crippen molar-refractivity contribution in [3.63, 3.8) is 0 Å². The Labute approximate surface area is 142 Å². The highest BCUT2D eigenvalue weighted by Crippen LogP contribution is 2.31. The fraction of sp³-hybridized carbons (Fsp3) is 0.111. The fourth-order valence-corrected chi connectivity index (χ4v) is 2.20. The van der Waals surface area contributed by atoms with Gasteiger partial charge in [-0.3, -0.25) is 4.79 Å². The first-order chi connectivity index (χ1) is 12.1. The Bertz CT molecular complexity index is 874. The fourth-order valence-electron chi connectivity index (χ4n) is 2.20. The highest BCUT2D eigenvalue weighted by Gasteiger charge is 2.25. The molecule has 5 nitrogen and oxygen atoms in total. The van der Waals surface area contributed by atoms with Crippen LogP contribution in [0.4, 0.5) is 14.5 Å². The average Bonchev–Trinajstić information content (AvgIpc) is 3.00. The molecule has 3 aromatic rings. The van der Waals surface area contributed by atoms with Gasteiger partial charge in [-0.25, -0.2) is 8.78 Å². The van der Waals surface area contributed by atoms with Crippen molar-refractivity contribution in [3.05, 3.63) is 65.9 Å². The molecule has 0 aliphatic heterocycles. The largest absolute Gasteiger partial charge is 0.464 e. The van der Waals surface area contributed by atoms with Gasteiger partial charge < -0.3 is 14.5 Å². The number of benzene rings is 2. The first-order valence-electron chi connectivity index (χ1n) is 7.54. The van der Waals surface area contributed by atoms with E-state index in [0.717, 1.165) is 12.1 Å². The Morgan fingerprint density at radius 3 is 2.44 bits per heavy atom. The third kappa shape index (κ3) is 3.50. The quantitative estimate of drug-likeness (QED) is 0.751. The predicted molar refractivity (Wildman–Crippen MR) is 87.4 cm³/mol. The summed E-state index contributed by atoms with van der Waals surface area (Å²) < 4.78 is 38.4. The van der Waals surface area contributed by atoms with Gasteiger partial charge >= 0.3 is 5.95 Å². The molecule has 1 heterocycles. The zero-order valence-corrected chi connectivity index (χ0v) is 13.3. The van der Waals surface area contributed by atoms with Crippen LogP contribution in [0.1, 0.15) is 17.4 Å². The molecule has 0 spiro atoms. The van der Waals surface area contributed by atoms with Crippen molar-refractivity contribution in [1.29, 1.82) is 0 Å². The Kier molecular flexibility index (Phi) is 4.74.